The van der Waals surface area contributed by atoms with Crippen molar-refractivity contribution in [2.24, 2.45) is 5.73 Å². The van der Waals surface area contributed by atoms with Crippen LogP contribution in [0.15, 0.2) is 54.6 Å². The summed E-state index contributed by atoms with van der Waals surface area (Å²) in [5.74, 6) is -2.09. The Morgan fingerprint density at radius 3 is 2.17 bits per heavy atom. The van der Waals surface area contributed by atoms with Crippen molar-refractivity contribution in [1.29, 1.82) is 5.41 Å². The fourth-order valence-corrected chi connectivity index (χ4v) is 2.34. The van der Waals surface area contributed by atoms with E-state index in [0.717, 1.165) is 16.8 Å². The lowest BCUT2D eigenvalue weighted by Crippen LogP contribution is -2.13. The third-order valence-electron chi connectivity index (χ3n) is 3.59. The molecule has 0 heterocycles. The molecule has 3 aromatic carbocycles. The summed E-state index contributed by atoms with van der Waals surface area (Å²) in [6, 6.07) is 13.1. The molecule has 0 aliphatic rings. The zero-order valence-corrected chi connectivity index (χ0v) is 12.4. The van der Waals surface area contributed by atoms with Crippen LogP contribution in [0.4, 0.5) is 14.5 Å². The molecule has 0 spiro atoms. The Labute approximate surface area is 136 Å². The van der Waals surface area contributed by atoms with Gasteiger partial charge in [0.1, 0.15) is 17.5 Å². The molecule has 0 fully saturated rings. The van der Waals surface area contributed by atoms with Gasteiger partial charge in [0.05, 0.1) is 5.69 Å². The molecule has 4 N–H and O–H groups in total. The molecule has 0 saturated carbocycles. The number of amides is 1. The van der Waals surface area contributed by atoms with Crippen molar-refractivity contribution in [3.05, 3.63) is 77.4 Å². The summed E-state index contributed by atoms with van der Waals surface area (Å²) in [5, 5.41) is 11.5. The van der Waals surface area contributed by atoms with E-state index in [2.05, 4.69) is 5.32 Å². The smallest absolute Gasteiger partial charge is 0.255 e. The van der Waals surface area contributed by atoms with Gasteiger partial charge in [0, 0.05) is 17.2 Å². The van der Waals surface area contributed by atoms with Crippen LogP contribution < -0.4 is 11.1 Å². The number of benzene rings is 3. The molecule has 120 valence electrons. The van der Waals surface area contributed by atoms with Gasteiger partial charge in [-0.1, -0.05) is 18.2 Å². The van der Waals surface area contributed by atoms with Crippen molar-refractivity contribution in [2.75, 3.05) is 5.32 Å². The van der Waals surface area contributed by atoms with E-state index in [4.69, 9.17) is 11.1 Å². The summed E-state index contributed by atoms with van der Waals surface area (Å²) in [7, 11) is 0. The van der Waals surface area contributed by atoms with E-state index >= 15 is 0 Å². The van der Waals surface area contributed by atoms with Crippen LogP contribution in [0.1, 0.15) is 15.9 Å². The van der Waals surface area contributed by atoms with Gasteiger partial charge >= 0.3 is 0 Å². The quantitative estimate of drug-likeness (QED) is 0.507. The van der Waals surface area contributed by atoms with E-state index < -0.39 is 17.5 Å². The minimum atomic E-state index is -0.838. The molecule has 6 heteroatoms. The topological polar surface area (TPSA) is 79.0 Å². The molecule has 0 saturated heterocycles. The zero-order chi connectivity index (χ0) is 17.3. The van der Waals surface area contributed by atoms with E-state index in [0.29, 0.717) is 17.2 Å². The lowest BCUT2D eigenvalue weighted by atomic mass is 10.0. The maximum atomic E-state index is 13.6. The van der Waals surface area contributed by atoms with Crippen molar-refractivity contribution in [1.82, 2.24) is 0 Å². The Balaban J connectivity index is 1.89. The average Bonchev–Trinajstić information content (AvgIpc) is 2.56. The summed E-state index contributed by atoms with van der Waals surface area (Å²) in [6.07, 6.45) is 0. The van der Waals surface area contributed by atoms with Crippen molar-refractivity contribution < 1.29 is 13.6 Å². The summed E-state index contributed by atoms with van der Waals surface area (Å²) in [5.41, 5.74) is 6.29. The Hall–Kier alpha value is -3.28. The van der Waals surface area contributed by atoms with Crippen molar-refractivity contribution in [3.8, 4) is 0 Å². The highest BCUT2D eigenvalue weighted by Gasteiger charge is 2.11. The van der Waals surface area contributed by atoms with Crippen molar-refractivity contribution >= 4 is 28.2 Å². The van der Waals surface area contributed by atoms with Crippen LogP contribution in [0.3, 0.4) is 0 Å². The lowest BCUT2D eigenvalue weighted by Gasteiger charge is -2.08. The summed E-state index contributed by atoms with van der Waals surface area (Å²) in [4.78, 5) is 12.2. The second kappa shape index (κ2) is 6.08. The molecule has 3 rings (SSSR count). The maximum Gasteiger partial charge on any atom is 0.255 e. The fourth-order valence-electron chi connectivity index (χ4n) is 2.34. The Bertz CT molecular complexity index is 970. The third kappa shape index (κ3) is 3.08. The first-order valence-corrected chi connectivity index (χ1v) is 7.08. The molecule has 4 nitrogen and oxygen atoms in total. The van der Waals surface area contributed by atoms with Gasteiger partial charge in [-0.2, -0.15) is 0 Å². The van der Waals surface area contributed by atoms with Crippen LogP contribution in [-0.2, 0) is 0 Å². The highest BCUT2D eigenvalue weighted by Crippen LogP contribution is 2.20. The first-order valence-electron chi connectivity index (χ1n) is 7.08. The van der Waals surface area contributed by atoms with Crippen LogP contribution >= 0.6 is 0 Å². The van der Waals surface area contributed by atoms with Crippen LogP contribution in [0, 0.1) is 17.0 Å². The molecule has 0 atom stereocenters. The normalized spacial score (nSPS) is 10.6. The molecule has 0 unspecified atom stereocenters. The van der Waals surface area contributed by atoms with Crippen molar-refractivity contribution in [2.45, 2.75) is 0 Å². The Morgan fingerprint density at radius 1 is 0.917 bits per heavy atom. The summed E-state index contributed by atoms with van der Waals surface area (Å²) in [6.45, 7) is 0. The monoisotopic (exact) mass is 325 g/mol. The van der Waals surface area contributed by atoms with Crippen LogP contribution in [0.25, 0.3) is 10.8 Å². The molecule has 0 radical (unpaired) electrons. The maximum absolute atomic E-state index is 13.6. The number of fused-ring (bicyclic) bond motifs is 1. The fraction of sp³-hybridized carbons (Fsp3) is 0. The molecule has 0 bridgehead atoms. The van der Waals surface area contributed by atoms with E-state index in [1.54, 1.807) is 36.4 Å². The number of amidine groups is 1. The highest BCUT2D eigenvalue weighted by atomic mass is 19.1. The molecule has 1 amide bonds. The number of anilines is 1. The highest BCUT2D eigenvalue weighted by molar-refractivity contribution is 6.07. The minimum absolute atomic E-state index is 0.0366. The number of hydrogen-bond donors (Lipinski definition) is 3. The van der Waals surface area contributed by atoms with Gasteiger partial charge in [0.15, 0.2) is 0 Å². The number of nitrogens with two attached hydrogens (primary N) is 1. The predicted octanol–water partition coefficient (Wildman–Crippen LogP) is 3.65. The standard InChI is InChI=1S/C18H13F2N3O/c19-14-5-6-16(15(20)9-14)23-18(24)13-4-2-10-7-12(17(21)22)3-1-11(10)8-13/h1-9H,(H3,21,22)(H,23,24). The van der Waals surface area contributed by atoms with Gasteiger partial charge in [-0.25, -0.2) is 8.78 Å². The van der Waals surface area contributed by atoms with Gasteiger partial charge < -0.3 is 11.1 Å². The van der Waals surface area contributed by atoms with Crippen LogP contribution in [0.2, 0.25) is 0 Å². The summed E-state index contributed by atoms with van der Waals surface area (Å²) < 4.78 is 26.5. The van der Waals surface area contributed by atoms with E-state index in [9.17, 15) is 13.6 Å². The van der Waals surface area contributed by atoms with Gasteiger partial charge in [0.2, 0.25) is 0 Å². The molecule has 0 aromatic heterocycles. The molecule has 3 aromatic rings. The van der Waals surface area contributed by atoms with Crippen LogP contribution in [0.5, 0.6) is 0 Å². The van der Waals surface area contributed by atoms with Crippen LogP contribution in [-0.4, -0.2) is 11.7 Å². The first-order chi connectivity index (χ1) is 11.4. The SMILES string of the molecule is N=C(N)c1ccc2cc(C(=O)Nc3ccc(F)cc3F)ccc2c1. The zero-order valence-electron chi connectivity index (χ0n) is 12.4. The number of halogens is 2. The first kappa shape index (κ1) is 15.6. The number of carbonyl (C=O) groups is 1. The van der Waals surface area contributed by atoms with Gasteiger partial charge in [0.25, 0.3) is 5.91 Å². The van der Waals surface area contributed by atoms with E-state index in [-0.39, 0.29) is 11.5 Å². The Morgan fingerprint density at radius 2 is 1.54 bits per heavy atom. The predicted molar refractivity (Wildman–Crippen MR) is 89.3 cm³/mol. The number of nitrogen functional groups attached to an aromatic ring is 1. The number of hydrogen-bond acceptors (Lipinski definition) is 2. The van der Waals surface area contributed by atoms with Gasteiger partial charge in [-0.05, 0) is 41.1 Å². The third-order valence-corrected chi connectivity index (χ3v) is 3.59. The minimum Gasteiger partial charge on any atom is -0.384 e. The molecular formula is C18H13F2N3O. The molecule has 24 heavy (non-hydrogen) atoms. The second-order valence-electron chi connectivity index (χ2n) is 5.27. The number of nitrogens with one attached hydrogen (secondary N) is 2. The van der Waals surface area contributed by atoms with Gasteiger partial charge in [-0.3, -0.25) is 10.2 Å². The lowest BCUT2D eigenvalue weighted by molar-refractivity contribution is 0.102. The molecule has 0 aliphatic heterocycles. The molecule has 0 aliphatic carbocycles. The average molecular weight is 325 g/mol. The second-order valence-corrected chi connectivity index (χ2v) is 5.27. The number of rotatable bonds is 3. The Kier molecular flexibility index (Phi) is 3.95. The van der Waals surface area contributed by atoms with E-state index in [1.807, 2.05) is 0 Å². The molecular weight excluding hydrogens is 312 g/mol. The largest absolute Gasteiger partial charge is 0.384 e. The summed E-state index contributed by atoms with van der Waals surface area (Å²) >= 11 is 0. The van der Waals surface area contributed by atoms with Crippen molar-refractivity contribution in [3.63, 3.8) is 0 Å². The van der Waals surface area contributed by atoms with Gasteiger partial charge in [-0.15, -0.1) is 0 Å². The number of carbonyl (C=O) groups excluding carboxylic acids is 1. The van der Waals surface area contributed by atoms with E-state index in [1.165, 1.54) is 6.07 Å².